The molecule has 0 spiro atoms. The summed E-state index contributed by atoms with van der Waals surface area (Å²) in [5.74, 6) is -0.808. The zero-order valence-electron chi connectivity index (χ0n) is 15.4. The number of hydrogen-bond donors (Lipinski definition) is 3. The third-order valence-electron chi connectivity index (χ3n) is 3.54. The van der Waals surface area contributed by atoms with Crippen LogP contribution in [0.4, 0.5) is 0 Å². The van der Waals surface area contributed by atoms with Gasteiger partial charge in [-0.25, -0.2) is 0 Å². The fraction of sp³-hybridized carbons (Fsp3) is 0.938. The van der Waals surface area contributed by atoms with Crippen LogP contribution in [0.2, 0.25) is 0 Å². The van der Waals surface area contributed by atoms with E-state index >= 15 is 0 Å². The second kappa shape index (κ2) is 18.4. The van der Waals surface area contributed by atoms with Gasteiger partial charge in [-0.1, -0.05) is 64.7 Å². The zero-order valence-corrected chi connectivity index (χ0v) is 16.4. The summed E-state index contributed by atoms with van der Waals surface area (Å²) >= 11 is 0. The third kappa shape index (κ3) is 20.4. The maximum Gasteiger partial charge on any atom is 1.00 e. The van der Waals surface area contributed by atoms with E-state index in [2.05, 4.69) is 17.6 Å². The predicted molar refractivity (Wildman–Crippen MR) is 86.1 cm³/mol. The van der Waals surface area contributed by atoms with E-state index in [0.29, 0.717) is 0 Å². The predicted octanol–water partition coefficient (Wildman–Crippen LogP) is 0.634. The van der Waals surface area contributed by atoms with E-state index in [1.165, 1.54) is 64.2 Å². The molecule has 0 radical (unpaired) electrons. The van der Waals surface area contributed by atoms with Crippen LogP contribution in [0.25, 0.3) is 0 Å². The minimum absolute atomic E-state index is 0. The first-order valence-corrected chi connectivity index (χ1v) is 8.35. The molecule has 0 heterocycles. The molecule has 1 unspecified atom stereocenters. The molecule has 122 valence electrons. The molecule has 0 aromatic heterocycles. The van der Waals surface area contributed by atoms with E-state index in [9.17, 15) is 4.79 Å². The SMILES string of the molecule is CCCCCCCCCCCCNC(C)NCC(=O)O.[H-].[Na+]. The third-order valence-corrected chi connectivity index (χ3v) is 3.54. The largest absolute Gasteiger partial charge is 1.00 e. The number of hydrogen-bond acceptors (Lipinski definition) is 3. The van der Waals surface area contributed by atoms with Crippen molar-refractivity contribution in [1.29, 1.82) is 0 Å². The number of carboxylic acid groups (broad SMARTS) is 1. The van der Waals surface area contributed by atoms with Crippen LogP contribution in [0.3, 0.4) is 0 Å². The summed E-state index contributed by atoms with van der Waals surface area (Å²) in [5, 5.41) is 14.7. The summed E-state index contributed by atoms with van der Waals surface area (Å²) in [6.07, 6.45) is 13.5. The Labute approximate surface area is 154 Å². The van der Waals surface area contributed by atoms with Gasteiger partial charge in [0.05, 0.1) is 12.7 Å². The summed E-state index contributed by atoms with van der Waals surface area (Å²) in [7, 11) is 0. The van der Waals surface area contributed by atoms with Gasteiger partial charge in [0.2, 0.25) is 0 Å². The molecule has 0 fully saturated rings. The zero-order chi connectivity index (χ0) is 15.1. The van der Waals surface area contributed by atoms with Crippen molar-refractivity contribution in [3.8, 4) is 0 Å². The van der Waals surface area contributed by atoms with Gasteiger partial charge in [-0.05, 0) is 19.9 Å². The van der Waals surface area contributed by atoms with Crippen LogP contribution in [-0.2, 0) is 4.79 Å². The van der Waals surface area contributed by atoms with Crippen molar-refractivity contribution in [1.82, 2.24) is 10.6 Å². The summed E-state index contributed by atoms with van der Waals surface area (Å²) in [5.41, 5.74) is 0. The Balaban J connectivity index is -0.00000180. The monoisotopic (exact) mass is 310 g/mol. The molecule has 0 saturated carbocycles. The maximum atomic E-state index is 10.4. The number of nitrogens with one attached hydrogen (secondary N) is 2. The van der Waals surface area contributed by atoms with Gasteiger partial charge in [0, 0.05) is 0 Å². The van der Waals surface area contributed by atoms with Gasteiger partial charge >= 0.3 is 35.5 Å². The second-order valence-electron chi connectivity index (χ2n) is 5.63. The molecule has 1 atom stereocenters. The Hall–Kier alpha value is 0.390. The van der Waals surface area contributed by atoms with Crippen LogP contribution < -0.4 is 40.2 Å². The smallest absolute Gasteiger partial charge is 1.00 e. The summed E-state index contributed by atoms with van der Waals surface area (Å²) in [6, 6.07) is 0. The first kappa shape index (κ1) is 23.7. The van der Waals surface area contributed by atoms with Crippen molar-refractivity contribution in [2.24, 2.45) is 0 Å². The number of carbonyl (C=O) groups is 1. The average Bonchev–Trinajstić information content (AvgIpc) is 2.42. The van der Waals surface area contributed by atoms with Gasteiger partial charge in [0.25, 0.3) is 0 Å². The fourth-order valence-corrected chi connectivity index (χ4v) is 2.24. The Kier molecular flexibility index (Phi) is 20.8. The van der Waals surface area contributed by atoms with Gasteiger partial charge < -0.3 is 11.8 Å². The summed E-state index contributed by atoms with van der Waals surface area (Å²) in [4.78, 5) is 10.4. The number of unbranched alkanes of at least 4 members (excludes halogenated alkanes) is 9. The van der Waals surface area contributed by atoms with Gasteiger partial charge in [-0.3, -0.25) is 10.1 Å². The van der Waals surface area contributed by atoms with Gasteiger partial charge in [-0.2, -0.15) is 0 Å². The van der Waals surface area contributed by atoms with Crippen molar-refractivity contribution < 1.29 is 40.9 Å². The molecule has 4 nitrogen and oxygen atoms in total. The first-order valence-electron chi connectivity index (χ1n) is 8.35. The topological polar surface area (TPSA) is 61.4 Å². The molecular weight excluding hydrogens is 275 g/mol. The minimum atomic E-state index is -0.808. The van der Waals surface area contributed by atoms with E-state index in [0.717, 1.165) is 6.54 Å². The minimum Gasteiger partial charge on any atom is -1.00 e. The number of aliphatic carboxylic acids is 1. The average molecular weight is 310 g/mol. The standard InChI is InChI=1S/C16H34N2O2.Na.H/c1-3-4-5-6-7-8-9-10-11-12-13-17-15(2)18-14-16(19)20;;/h15,17-18H,3-14H2,1-2H3,(H,19,20);;/q;+1;-1. The van der Waals surface area contributed by atoms with Crippen LogP contribution in [0.1, 0.15) is 79.5 Å². The van der Waals surface area contributed by atoms with Crippen molar-refractivity contribution in [3.63, 3.8) is 0 Å². The molecule has 0 aliphatic heterocycles. The maximum absolute atomic E-state index is 10.4. The van der Waals surface area contributed by atoms with E-state index in [4.69, 9.17) is 5.11 Å². The van der Waals surface area contributed by atoms with Crippen molar-refractivity contribution >= 4 is 5.97 Å². The molecular formula is C16H35N2NaO2. The number of carboxylic acids is 1. The quantitative estimate of drug-likeness (QED) is 0.236. The molecule has 0 rings (SSSR count). The molecule has 21 heavy (non-hydrogen) atoms. The van der Waals surface area contributed by atoms with Crippen molar-refractivity contribution in [2.45, 2.75) is 84.2 Å². The van der Waals surface area contributed by atoms with Crippen LogP contribution in [-0.4, -0.2) is 30.3 Å². The fourth-order valence-electron chi connectivity index (χ4n) is 2.24. The molecule has 3 N–H and O–H groups in total. The van der Waals surface area contributed by atoms with Crippen LogP contribution in [0, 0.1) is 0 Å². The Morgan fingerprint density at radius 2 is 1.43 bits per heavy atom. The van der Waals surface area contributed by atoms with Gasteiger partial charge in [-0.15, -0.1) is 0 Å². The van der Waals surface area contributed by atoms with E-state index in [1.54, 1.807) is 0 Å². The molecule has 0 aromatic carbocycles. The van der Waals surface area contributed by atoms with Crippen molar-refractivity contribution in [3.05, 3.63) is 0 Å². The molecule has 0 saturated heterocycles. The van der Waals surface area contributed by atoms with E-state index in [-0.39, 0.29) is 43.7 Å². The summed E-state index contributed by atoms with van der Waals surface area (Å²) in [6.45, 7) is 5.20. The van der Waals surface area contributed by atoms with Crippen LogP contribution in [0.5, 0.6) is 0 Å². The first-order chi connectivity index (χ1) is 9.66. The van der Waals surface area contributed by atoms with E-state index in [1.807, 2.05) is 6.92 Å². The molecule has 0 aliphatic rings. The summed E-state index contributed by atoms with van der Waals surface area (Å²) < 4.78 is 0. The van der Waals surface area contributed by atoms with Gasteiger partial charge in [0.1, 0.15) is 0 Å². The van der Waals surface area contributed by atoms with Gasteiger partial charge in [0.15, 0.2) is 0 Å². The van der Waals surface area contributed by atoms with Crippen LogP contribution in [0.15, 0.2) is 0 Å². The number of rotatable bonds is 15. The Morgan fingerprint density at radius 3 is 1.90 bits per heavy atom. The van der Waals surface area contributed by atoms with Crippen molar-refractivity contribution in [2.75, 3.05) is 13.1 Å². The molecule has 0 amide bonds. The Bertz CT molecular complexity index is 234. The molecule has 0 aromatic rings. The van der Waals surface area contributed by atoms with E-state index < -0.39 is 5.97 Å². The second-order valence-corrected chi connectivity index (χ2v) is 5.63. The normalized spacial score (nSPS) is 11.9. The Morgan fingerprint density at radius 1 is 0.952 bits per heavy atom. The molecule has 0 bridgehead atoms. The molecule has 5 heteroatoms. The molecule has 0 aliphatic carbocycles. The van der Waals surface area contributed by atoms with Crippen LogP contribution >= 0.6 is 0 Å².